The summed E-state index contributed by atoms with van der Waals surface area (Å²) in [7, 11) is 0. The zero-order chi connectivity index (χ0) is 97.7. The highest BCUT2D eigenvalue weighted by molar-refractivity contribution is 6.11. The fourth-order valence-electron chi connectivity index (χ4n) is 13.9. The first kappa shape index (κ1) is 91.0. The van der Waals surface area contributed by atoms with E-state index in [9.17, 15) is 182 Å². The van der Waals surface area contributed by atoms with Gasteiger partial charge in [-0.05, 0) is 84.9 Å². The van der Waals surface area contributed by atoms with Crippen LogP contribution in [-0.2, 0) is 56.8 Å². The van der Waals surface area contributed by atoms with E-state index in [0.717, 1.165) is 0 Å². The Hall–Kier alpha value is -19.2. The number of phenols is 29. The first-order chi connectivity index (χ1) is 63.0. The molecule has 0 radical (unpaired) electrons. The van der Waals surface area contributed by atoms with Crippen LogP contribution in [-0.4, -0.2) is 282 Å². The van der Waals surface area contributed by atoms with E-state index in [2.05, 4.69) is 0 Å². The topological polar surface area (TPSA) is 877 Å². The lowest BCUT2D eigenvalue weighted by Crippen LogP contribution is -2.63. The number of rotatable bonds is 14. The van der Waals surface area contributed by atoms with Crippen molar-refractivity contribution in [3.8, 4) is 200 Å². The number of ether oxygens (including phenoxy) is 13. The molecule has 10 aromatic rings. The Bertz CT molecular complexity index is 6660. The molecule has 0 aromatic heterocycles. The minimum absolute atomic E-state index is 0.102. The van der Waals surface area contributed by atoms with Crippen LogP contribution in [0.2, 0.25) is 0 Å². The lowest BCUT2D eigenvalue weighted by atomic mass is 9.92. The Labute approximate surface area is 736 Å². The molecule has 698 valence electrons. The quantitative estimate of drug-likeness (QED) is 0.0419. The van der Waals surface area contributed by atoms with Crippen molar-refractivity contribution in [1.29, 1.82) is 0 Å². The van der Waals surface area contributed by atoms with Gasteiger partial charge in [-0.3, -0.25) is 0 Å². The van der Waals surface area contributed by atoms with E-state index in [1.807, 2.05) is 0 Å². The first-order valence-corrected chi connectivity index (χ1v) is 37.0. The van der Waals surface area contributed by atoms with Gasteiger partial charge in [0.05, 0.1) is 50.1 Å². The molecule has 4 aliphatic heterocycles. The summed E-state index contributed by atoms with van der Waals surface area (Å²) in [4.78, 5) is 148. The average Bonchev–Trinajstić information content (AvgIpc) is 0.992. The molecule has 134 heavy (non-hydrogen) atoms. The van der Waals surface area contributed by atoms with Crippen LogP contribution in [0, 0.1) is 0 Å². The Morgan fingerprint density at radius 2 is 0.485 bits per heavy atom. The fourth-order valence-corrected chi connectivity index (χ4v) is 13.9. The van der Waals surface area contributed by atoms with Gasteiger partial charge in [-0.1, -0.05) is 0 Å². The van der Waals surface area contributed by atoms with Gasteiger partial charge in [0.25, 0.3) is 0 Å². The van der Waals surface area contributed by atoms with Crippen molar-refractivity contribution in [1.82, 2.24) is 0 Å². The first-order valence-electron chi connectivity index (χ1n) is 37.0. The van der Waals surface area contributed by atoms with Gasteiger partial charge in [0.15, 0.2) is 162 Å². The minimum atomic E-state index is -3.10. The summed E-state index contributed by atoms with van der Waals surface area (Å²) < 4.78 is 74.3. The van der Waals surface area contributed by atoms with Crippen molar-refractivity contribution in [2.45, 2.75) is 61.4 Å². The van der Waals surface area contributed by atoms with Crippen molar-refractivity contribution < 1.29 is 258 Å². The molecule has 29 N–H and O–H groups in total. The summed E-state index contributed by atoms with van der Waals surface area (Å²) in [5.74, 6) is -65.2. The van der Waals surface area contributed by atoms with Gasteiger partial charge in [-0.15, -0.1) is 0 Å². The zero-order valence-electron chi connectivity index (χ0n) is 65.7. The van der Waals surface area contributed by atoms with Crippen LogP contribution in [0.15, 0.2) is 91.0 Å². The third-order valence-electron chi connectivity index (χ3n) is 20.4. The summed E-state index contributed by atoms with van der Waals surface area (Å²) in [6.45, 7) is -3.14. The maximum atomic E-state index is 15.4. The van der Waals surface area contributed by atoms with E-state index in [1.165, 1.54) is 0 Å². The Kier molecular flexibility index (Phi) is 23.2. The number of esters is 10. The fraction of sp³-hybridized carbons (Fsp3) is 0.146. The monoisotopic (exact) mass is 1870 g/mol. The summed E-state index contributed by atoms with van der Waals surface area (Å²) in [5.41, 5.74) is -17.0. The molecular formula is C82H58O52. The number of phenolic OH excluding ortho intramolecular Hbond substituents is 29. The number of hydrogen-bond donors (Lipinski definition) is 29. The highest BCUT2D eigenvalue weighted by atomic mass is 16.8. The molecule has 4 aliphatic rings. The minimum Gasteiger partial charge on any atom is -0.504 e. The summed E-state index contributed by atoms with van der Waals surface area (Å²) in [6, 6.07) is 4.83. The van der Waals surface area contributed by atoms with Gasteiger partial charge >= 0.3 is 59.7 Å². The molecule has 0 spiro atoms. The molecule has 4 heterocycles. The second kappa shape index (κ2) is 34.2. The Morgan fingerprint density at radius 1 is 0.246 bits per heavy atom. The standard InChI is InChI=1S/C82H58O52/c83-28-1-18(2-29(84)49(28)97)71(112)129-67-65-43(16-122-76(117)23-11-37(92)54(102)59(107)45(23)47-25(78(119)127-65)13-39(94)56(104)61(47)109)125-81(69(67)131-73(114)20-5-32(87)51(99)33(88)6-20)133-75(116)22-9-36(91)53(101)42(10-22)124-64-27(15-41(96)58(106)63(64)111)80(121)134-82-70(132-74(115)21-7-34(89)52(100)35(90)8-21)68(130-72(113)19-3-30(85)50(98)31(86)4-19)66-44(126-82)17-123-77(118)24-12-38(93)55(103)60(108)46(24)48-26(79(120)128-66)14-40(95)57(105)62(48)110/h1-15,43-44,65-70,81-111H,16-17H2/t43-,44+,65-,66-,67+,68+,69-,70-,81+,82+/m1/s1. The van der Waals surface area contributed by atoms with Crippen molar-refractivity contribution in [3.63, 3.8) is 0 Å². The normalized spacial score (nSPS) is 19.1. The molecule has 14 rings (SSSR count). The summed E-state index contributed by atoms with van der Waals surface area (Å²) in [6.07, 6.45) is -28.6. The van der Waals surface area contributed by atoms with Crippen LogP contribution in [0.4, 0.5) is 0 Å². The predicted molar refractivity (Wildman–Crippen MR) is 415 cm³/mol. The second-order valence-corrected chi connectivity index (χ2v) is 28.7. The maximum Gasteiger partial charge on any atom is 0.344 e. The van der Waals surface area contributed by atoms with Gasteiger partial charge in [-0.2, -0.15) is 0 Å². The number of hydrogen-bond acceptors (Lipinski definition) is 52. The number of benzene rings is 10. The van der Waals surface area contributed by atoms with Crippen LogP contribution >= 0.6 is 0 Å². The van der Waals surface area contributed by atoms with E-state index in [4.69, 9.17) is 61.6 Å². The third kappa shape index (κ3) is 16.2. The Balaban J connectivity index is 0.880. The van der Waals surface area contributed by atoms with E-state index in [-0.39, 0.29) is 30.3 Å². The molecule has 10 atom stereocenters. The van der Waals surface area contributed by atoms with Crippen LogP contribution in [0.5, 0.6) is 178 Å². The lowest BCUT2D eigenvalue weighted by Gasteiger charge is -2.43. The maximum absolute atomic E-state index is 15.4. The zero-order valence-corrected chi connectivity index (χ0v) is 65.7. The highest BCUT2D eigenvalue weighted by Crippen LogP contribution is 2.58. The van der Waals surface area contributed by atoms with Crippen LogP contribution in [0.25, 0.3) is 22.3 Å². The van der Waals surface area contributed by atoms with E-state index in [0.29, 0.717) is 60.7 Å². The lowest BCUT2D eigenvalue weighted by molar-refractivity contribution is -0.282. The SMILES string of the molecule is O=C(O[C@@H]1O[C@@H]2COC(=O)c3cc(O)c(O)c(O)c3-c3c(cc(O)c(O)c3O)C(=O)O[C@H]2[C@H](OC(=O)c2cc(O)c(O)c(O)c2)[C@H]1OC(=O)c1cc(O)c(O)c(O)c1)c1cc(O)c(O)c(Oc2c(C(=O)O[C@@H]3O[C@H]4COC(=O)c5cc(O)c(O)c(O)c5-c5c(cc(O)c(O)c5O)C(=O)O[C@H]4[C@H](OC(=O)c4cc(O)c(O)c(O)c4)[C@H]3OC(=O)c3cc(O)c(O)c(O)c3)cc(O)c(O)c2O)c1. The Morgan fingerprint density at radius 3 is 0.791 bits per heavy atom. The summed E-state index contributed by atoms with van der Waals surface area (Å²) >= 11 is 0. The number of carbonyl (C=O) groups is 10. The smallest absolute Gasteiger partial charge is 0.344 e. The molecule has 0 amide bonds. The van der Waals surface area contributed by atoms with E-state index in [1.54, 1.807) is 0 Å². The summed E-state index contributed by atoms with van der Waals surface area (Å²) in [5, 5.41) is 314. The van der Waals surface area contributed by atoms with Gasteiger partial charge in [0.2, 0.25) is 65.0 Å². The second-order valence-electron chi connectivity index (χ2n) is 28.7. The third-order valence-corrected chi connectivity index (χ3v) is 20.4. The van der Waals surface area contributed by atoms with Crippen molar-refractivity contribution in [2.75, 3.05) is 13.2 Å². The van der Waals surface area contributed by atoms with E-state index >= 15 is 14.4 Å². The van der Waals surface area contributed by atoms with Gasteiger partial charge in [0, 0.05) is 28.3 Å². The molecule has 2 fully saturated rings. The molecule has 0 unspecified atom stereocenters. The molecular weight excluding hydrogens is 1820 g/mol. The van der Waals surface area contributed by atoms with Crippen molar-refractivity contribution in [2.24, 2.45) is 0 Å². The van der Waals surface area contributed by atoms with Crippen molar-refractivity contribution in [3.05, 3.63) is 147 Å². The van der Waals surface area contributed by atoms with Crippen molar-refractivity contribution >= 4 is 59.7 Å². The number of carbonyl (C=O) groups excluding carboxylic acids is 10. The molecule has 0 saturated carbocycles. The number of cyclic esters (lactones) is 2. The molecule has 10 aromatic carbocycles. The molecule has 52 nitrogen and oxygen atoms in total. The van der Waals surface area contributed by atoms with E-state index < -0.39 is 390 Å². The van der Waals surface area contributed by atoms with Crippen LogP contribution < -0.4 is 4.74 Å². The van der Waals surface area contributed by atoms with Crippen LogP contribution in [0.3, 0.4) is 0 Å². The van der Waals surface area contributed by atoms with Gasteiger partial charge in [0.1, 0.15) is 31.0 Å². The molecule has 52 heteroatoms. The van der Waals surface area contributed by atoms with Crippen LogP contribution in [0.1, 0.15) is 104 Å². The molecule has 0 bridgehead atoms. The predicted octanol–water partition coefficient (Wildman–Crippen LogP) is 3.73. The average molecular weight is 1880 g/mol. The highest BCUT2D eigenvalue weighted by Gasteiger charge is 2.58. The molecule has 0 aliphatic carbocycles. The molecule has 2 saturated heterocycles. The number of aromatic hydroxyl groups is 29. The van der Waals surface area contributed by atoms with Gasteiger partial charge in [-0.25, -0.2) is 47.9 Å². The largest absolute Gasteiger partial charge is 0.504 e. The number of fused-ring (bicyclic) bond motifs is 8. The van der Waals surface area contributed by atoms with Gasteiger partial charge < -0.3 is 210 Å².